The zero-order valence-corrected chi connectivity index (χ0v) is 14.9. The molecule has 3 rings (SSSR count). The Bertz CT molecular complexity index is 764. The lowest BCUT2D eigenvalue weighted by atomic mass is 10.0. The van der Waals surface area contributed by atoms with Crippen LogP contribution in [0.3, 0.4) is 0 Å². The van der Waals surface area contributed by atoms with Crippen LogP contribution in [0.25, 0.3) is 0 Å². The zero-order valence-electron chi connectivity index (χ0n) is 14.9. The number of amides is 1. The van der Waals surface area contributed by atoms with Crippen LogP contribution in [0.15, 0.2) is 12.4 Å². The molecule has 0 aromatic carbocycles. The van der Waals surface area contributed by atoms with Gasteiger partial charge >= 0.3 is 0 Å². The first-order chi connectivity index (χ1) is 11.4. The number of fused-ring (bicyclic) bond motifs is 1. The van der Waals surface area contributed by atoms with Gasteiger partial charge in [-0.25, -0.2) is 9.97 Å². The third kappa shape index (κ3) is 2.98. The van der Waals surface area contributed by atoms with Crippen molar-refractivity contribution in [2.75, 3.05) is 25.5 Å². The molecule has 0 unspecified atom stereocenters. The largest absolute Gasteiger partial charge is 0.362 e. The summed E-state index contributed by atoms with van der Waals surface area (Å²) in [5, 5.41) is 4.26. The van der Waals surface area contributed by atoms with Gasteiger partial charge in [0.1, 0.15) is 11.6 Å². The average molecular weight is 328 g/mol. The first-order valence-corrected chi connectivity index (χ1v) is 8.24. The van der Waals surface area contributed by atoms with Crippen LogP contribution in [0.2, 0.25) is 0 Å². The summed E-state index contributed by atoms with van der Waals surface area (Å²) in [5.74, 6) is 1.70. The number of carbonyl (C=O) groups is 1. The molecule has 7 nitrogen and oxygen atoms in total. The van der Waals surface area contributed by atoms with E-state index < -0.39 is 0 Å². The van der Waals surface area contributed by atoms with E-state index in [1.54, 1.807) is 6.20 Å². The molecule has 0 saturated carbocycles. The summed E-state index contributed by atoms with van der Waals surface area (Å²) in [7, 11) is 3.97. The maximum absolute atomic E-state index is 12.8. The number of rotatable bonds is 3. The topological polar surface area (TPSA) is 67.2 Å². The SMILES string of the molecule is Cc1nc2c(c(N(C)C)n1)CCN(C(=O)c1cnn(C(C)C)c1)C2. The monoisotopic (exact) mass is 328 g/mol. The molecule has 24 heavy (non-hydrogen) atoms. The Hall–Kier alpha value is -2.44. The highest BCUT2D eigenvalue weighted by atomic mass is 16.2. The molecule has 7 heteroatoms. The minimum absolute atomic E-state index is 0.00946. The molecular formula is C17H24N6O. The van der Waals surface area contributed by atoms with Crippen molar-refractivity contribution in [2.24, 2.45) is 0 Å². The summed E-state index contributed by atoms with van der Waals surface area (Å²) in [6.07, 6.45) is 4.24. The molecule has 0 N–H and O–H groups in total. The van der Waals surface area contributed by atoms with Crippen molar-refractivity contribution in [1.29, 1.82) is 0 Å². The predicted molar refractivity (Wildman–Crippen MR) is 92.2 cm³/mol. The number of hydrogen-bond acceptors (Lipinski definition) is 5. The van der Waals surface area contributed by atoms with Crippen LogP contribution in [0.1, 0.15) is 47.3 Å². The van der Waals surface area contributed by atoms with Crippen molar-refractivity contribution in [3.8, 4) is 0 Å². The molecule has 2 aromatic heterocycles. The van der Waals surface area contributed by atoms with E-state index in [1.807, 2.05) is 55.5 Å². The van der Waals surface area contributed by atoms with E-state index in [2.05, 4.69) is 15.1 Å². The van der Waals surface area contributed by atoms with Crippen LogP contribution in [0.5, 0.6) is 0 Å². The van der Waals surface area contributed by atoms with Gasteiger partial charge in [-0.15, -0.1) is 0 Å². The van der Waals surface area contributed by atoms with Crippen LogP contribution in [0.4, 0.5) is 5.82 Å². The summed E-state index contributed by atoms with van der Waals surface area (Å²) in [4.78, 5) is 25.7. The maximum Gasteiger partial charge on any atom is 0.257 e. The van der Waals surface area contributed by atoms with E-state index in [9.17, 15) is 4.79 Å². The Kier molecular flexibility index (Phi) is 4.26. The van der Waals surface area contributed by atoms with Crippen LogP contribution >= 0.6 is 0 Å². The second kappa shape index (κ2) is 6.22. The first kappa shape index (κ1) is 16.4. The number of aromatic nitrogens is 4. The number of aryl methyl sites for hydroxylation is 1. The van der Waals surface area contributed by atoms with Crippen molar-refractivity contribution < 1.29 is 4.79 Å². The molecule has 1 aliphatic heterocycles. The quantitative estimate of drug-likeness (QED) is 0.860. The molecule has 0 radical (unpaired) electrons. The molecule has 128 valence electrons. The molecule has 1 amide bonds. The summed E-state index contributed by atoms with van der Waals surface area (Å²) < 4.78 is 1.81. The van der Waals surface area contributed by atoms with Crippen LogP contribution in [0, 0.1) is 6.92 Å². The molecule has 0 spiro atoms. The van der Waals surface area contributed by atoms with Crippen LogP contribution in [-0.2, 0) is 13.0 Å². The maximum atomic E-state index is 12.8. The summed E-state index contributed by atoms with van der Waals surface area (Å²) >= 11 is 0. The normalized spacial score (nSPS) is 14.0. The van der Waals surface area contributed by atoms with Gasteiger partial charge in [0.05, 0.1) is 24.0 Å². The summed E-state index contributed by atoms with van der Waals surface area (Å²) in [6.45, 7) is 7.17. The Morgan fingerprint density at radius 3 is 2.67 bits per heavy atom. The second-order valence-corrected chi connectivity index (χ2v) is 6.69. The van der Waals surface area contributed by atoms with Gasteiger partial charge in [0.15, 0.2) is 0 Å². The van der Waals surface area contributed by atoms with Gasteiger partial charge < -0.3 is 9.80 Å². The molecule has 0 atom stereocenters. The van der Waals surface area contributed by atoms with Gasteiger partial charge in [-0.05, 0) is 27.2 Å². The third-order valence-electron chi connectivity index (χ3n) is 4.24. The highest BCUT2D eigenvalue weighted by molar-refractivity contribution is 5.93. The Labute approximate surface area is 142 Å². The third-order valence-corrected chi connectivity index (χ3v) is 4.24. The average Bonchev–Trinajstić information content (AvgIpc) is 3.02. The molecular weight excluding hydrogens is 304 g/mol. The molecule has 0 saturated heterocycles. The van der Waals surface area contributed by atoms with E-state index in [4.69, 9.17) is 0 Å². The lowest BCUT2D eigenvalue weighted by molar-refractivity contribution is 0.0731. The van der Waals surface area contributed by atoms with E-state index in [0.717, 1.165) is 29.3 Å². The highest BCUT2D eigenvalue weighted by Crippen LogP contribution is 2.26. The van der Waals surface area contributed by atoms with Crippen molar-refractivity contribution >= 4 is 11.7 Å². The number of nitrogens with zero attached hydrogens (tertiary/aromatic N) is 6. The van der Waals surface area contributed by atoms with E-state index in [1.165, 1.54) is 0 Å². The summed E-state index contributed by atoms with van der Waals surface area (Å²) in [5.41, 5.74) is 2.72. The Morgan fingerprint density at radius 2 is 2.04 bits per heavy atom. The van der Waals surface area contributed by atoms with Crippen molar-refractivity contribution in [3.63, 3.8) is 0 Å². The lowest BCUT2D eigenvalue weighted by Crippen LogP contribution is -2.37. The fraction of sp³-hybridized carbons (Fsp3) is 0.529. The van der Waals surface area contributed by atoms with Gasteiger partial charge in [-0.2, -0.15) is 5.10 Å². The standard InChI is InChI=1S/C17H24N6O/c1-11(2)23-9-13(8-18-23)17(24)22-7-6-14-15(10-22)19-12(3)20-16(14)21(4)5/h8-9,11H,6-7,10H2,1-5H3. The molecule has 2 aromatic rings. The van der Waals surface area contributed by atoms with Gasteiger partial charge in [0.2, 0.25) is 0 Å². The molecule has 0 fully saturated rings. The fourth-order valence-corrected chi connectivity index (χ4v) is 2.99. The van der Waals surface area contributed by atoms with Crippen molar-refractivity contribution in [2.45, 2.75) is 39.8 Å². The minimum atomic E-state index is 0.00946. The summed E-state index contributed by atoms with van der Waals surface area (Å²) in [6, 6.07) is 0.242. The van der Waals surface area contributed by atoms with E-state index in [0.29, 0.717) is 18.7 Å². The lowest BCUT2D eigenvalue weighted by Gasteiger charge is -2.30. The predicted octanol–water partition coefficient (Wildman–Crippen LogP) is 1.83. The highest BCUT2D eigenvalue weighted by Gasteiger charge is 2.26. The van der Waals surface area contributed by atoms with Crippen LogP contribution in [-0.4, -0.2) is 51.2 Å². The number of hydrogen-bond donors (Lipinski definition) is 0. The fourth-order valence-electron chi connectivity index (χ4n) is 2.99. The zero-order chi connectivity index (χ0) is 17.4. The van der Waals surface area contributed by atoms with Crippen molar-refractivity contribution in [3.05, 3.63) is 35.0 Å². The van der Waals surface area contributed by atoms with E-state index >= 15 is 0 Å². The Balaban J connectivity index is 1.85. The Morgan fingerprint density at radius 1 is 1.29 bits per heavy atom. The second-order valence-electron chi connectivity index (χ2n) is 6.69. The number of carbonyl (C=O) groups excluding carboxylic acids is 1. The number of anilines is 1. The van der Waals surface area contributed by atoms with Gasteiger partial charge in [-0.3, -0.25) is 9.48 Å². The van der Waals surface area contributed by atoms with Gasteiger partial charge in [0, 0.05) is 38.4 Å². The molecule has 1 aliphatic rings. The first-order valence-electron chi connectivity index (χ1n) is 8.24. The van der Waals surface area contributed by atoms with Gasteiger partial charge in [-0.1, -0.05) is 0 Å². The molecule has 0 aliphatic carbocycles. The minimum Gasteiger partial charge on any atom is -0.362 e. The van der Waals surface area contributed by atoms with E-state index in [-0.39, 0.29) is 11.9 Å². The molecule has 0 bridgehead atoms. The van der Waals surface area contributed by atoms with Crippen molar-refractivity contribution in [1.82, 2.24) is 24.6 Å². The smallest absolute Gasteiger partial charge is 0.257 e. The van der Waals surface area contributed by atoms with Crippen LogP contribution < -0.4 is 4.90 Å². The van der Waals surface area contributed by atoms with Gasteiger partial charge in [0.25, 0.3) is 5.91 Å². The molecule has 3 heterocycles.